The third-order valence-electron chi connectivity index (χ3n) is 3.98. The van der Waals surface area contributed by atoms with Gasteiger partial charge in [0.1, 0.15) is 17.6 Å². The van der Waals surface area contributed by atoms with Crippen LogP contribution >= 0.6 is 0 Å². The van der Waals surface area contributed by atoms with Crippen LogP contribution in [0.15, 0.2) is 30.6 Å². The number of amides is 1. The minimum Gasteiger partial charge on any atom is -0.494 e. The zero-order valence-corrected chi connectivity index (χ0v) is 14.1. The summed E-state index contributed by atoms with van der Waals surface area (Å²) in [6.45, 7) is 5.60. The highest BCUT2D eigenvalue weighted by Crippen LogP contribution is 2.35. The molecule has 6 nitrogen and oxygen atoms in total. The van der Waals surface area contributed by atoms with Crippen molar-refractivity contribution >= 4 is 5.91 Å². The number of carbonyl (C=O) groups is 1. The summed E-state index contributed by atoms with van der Waals surface area (Å²) in [5.74, 6) is 1.70. The highest BCUT2D eigenvalue weighted by atomic mass is 16.5. The molecule has 0 spiro atoms. The maximum absolute atomic E-state index is 12.0. The second kappa shape index (κ2) is 7.38. The first-order valence-corrected chi connectivity index (χ1v) is 8.35. The van der Waals surface area contributed by atoms with Gasteiger partial charge in [-0.1, -0.05) is 0 Å². The van der Waals surface area contributed by atoms with Crippen molar-refractivity contribution in [1.29, 1.82) is 0 Å². The number of aryl methyl sites for hydroxylation is 1. The smallest absolute Gasteiger partial charge is 0.222 e. The van der Waals surface area contributed by atoms with Gasteiger partial charge in [0.05, 0.1) is 6.61 Å². The Labute approximate surface area is 141 Å². The first-order valence-electron chi connectivity index (χ1n) is 8.35. The molecular weight excluding hydrogens is 306 g/mol. The lowest BCUT2D eigenvalue weighted by Crippen LogP contribution is -2.24. The molecule has 0 radical (unpaired) electrons. The van der Waals surface area contributed by atoms with Gasteiger partial charge in [-0.25, -0.2) is 0 Å². The number of ether oxygens (including phenoxy) is 2. The largest absolute Gasteiger partial charge is 0.494 e. The Balaban J connectivity index is 1.61. The van der Waals surface area contributed by atoms with E-state index in [2.05, 4.69) is 17.3 Å². The number of nitrogens with zero attached hydrogens (tertiary/aromatic N) is 2. The van der Waals surface area contributed by atoms with E-state index in [1.807, 2.05) is 31.3 Å². The molecule has 0 aliphatic carbocycles. The fourth-order valence-corrected chi connectivity index (χ4v) is 2.84. The van der Waals surface area contributed by atoms with Crippen LogP contribution in [-0.2, 0) is 24.3 Å². The molecule has 0 saturated carbocycles. The molecule has 128 valence electrons. The van der Waals surface area contributed by atoms with E-state index in [0.717, 1.165) is 23.5 Å². The quantitative estimate of drug-likeness (QED) is 0.846. The Bertz CT molecular complexity index is 698. The Kier molecular flexibility index (Phi) is 5.03. The van der Waals surface area contributed by atoms with E-state index < -0.39 is 0 Å². The summed E-state index contributed by atoms with van der Waals surface area (Å²) in [7, 11) is 0. The van der Waals surface area contributed by atoms with Gasteiger partial charge in [0.25, 0.3) is 0 Å². The van der Waals surface area contributed by atoms with Gasteiger partial charge < -0.3 is 14.8 Å². The van der Waals surface area contributed by atoms with Crippen LogP contribution in [0.25, 0.3) is 0 Å². The van der Waals surface area contributed by atoms with Crippen LogP contribution < -0.4 is 14.8 Å². The normalized spacial score (nSPS) is 15.7. The Morgan fingerprint density at radius 2 is 2.38 bits per heavy atom. The van der Waals surface area contributed by atoms with Gasteiger partial charge in [-0.3, -0.25) is 9.48 Å². The van der Waals surface area contributed by atoms with E-state index >= 15 is 0 Å². The van der Waals surface area contributed by atoms with Crippen LogP contribution in [0, 0.1) is 0 Å². The molecule has 2 aromatic rings. The molecular formula is C18H23N3O3. The van der Waals surface area contributed by atoms with E-state index in [1.54, 1.807) is 10.9 Å². The van der Waals surface area contributed by atoms with E-state index in [-0.39, 0.29) is 12.0 Å². The van der Waals surface area contributed by atoms with Gasteiger partial charge in [0.15, 0.2) is 0 Å². The van der Waals surface area contributed by atoms with E-state index in [4.69, 9.17) is 9.47 Å². The van der Waals surface area contributed by atoms with Gasteiger partial charge in [0, 0.05) is 49.5 Å². The molecule has 0 bridgehead atoms. The molecule has 1 atom stereocenters. The van der Waals surface area contributed by atoms with Crippen LogP contribution in [0.4, 0.5) is 0 Å². The number of benzene rings is 1. The van der Waals surface area contributed by atoms with Crippen molar-refractivity contribution in [2.45, 2.75) is 45.9 Å². The van der Waals surface area contributed by atoms with E-state index in [0.29, 0.717) is 26.1 Å². The van der Waals surface area contributed by atoms with Gasteiger partial charge in [-0.2, -0.15) is 5.10 Å². The van der Waals surface area contributed by atoms with Crippen molar-refractivity contribution in [3.63, 3.8) is 0 Å². The van der Waals surface area contributed by atoms with Gasteiger partial charge in [-0.15, -0.1) is 0 Å². The fourth-order valence-electron chi connectivity index (χ4n) is 2.84. The Morgan fingerprint density at radius 3 is 3.12 bits per heavy atom. The Morgan fingerprint density at radius 1 is 1.50 bits per heavy atom. The van der Waals surface area contributed by atoms with Crippen LogP contribution in [0.3, 0.4) is 0 Å². The summed E-state index contributed by atoms with van der Waals surface area (Å²) in [5.41, 5.74) is 2.11. The molecule has 6 heteroatoms. The standard InChI is InChI=1S/C18H23N3O3/c1-3-23-16-10-14-9-13(2)24-17(14)11-15(16)12-19-18(22)5-8-21-7-4-6-20-21/h4,6-7,10-11,13H,3,5,8-9,12H2,1-2H3,(H,19,22)/t13-/m1/s1. The highest BCUT2D eigenvalue weighted by Gasteiger charge is 2.22. The summed E-state index contributed by atoms with van der Waals surface area (Å²) in [6.07, 6.45) is 5.03. The van der Waals surface area contributed by atoms with Crippen LogP contribution in [-0.4, -0.2) is 28.4 Å². The lowest BCUT2D eigenvalue weighted by Gasteiger charge is -2.13. The molecule has 1 aromatic heterocycles. The third-order valence-corrected chi connectivity index (χ3v) is 3.98. The maximum atomic E-state index is 12.0. The second-order valence-corrected chi connectivity index (χ2v) is 5.93. The highest BCUT2D eigenvalue weighted by molar-refractivity contribution is 5.75. The SMILES string of the molecule is CCOc1cc2c(cc1CNC(=O)CCn1cccn1)O[C@H](C)C2. The average molecular weight is 329 g/mol. The average Bonchev–Trinajstić information content (AvgIpc) is 3.19. The van der Waals surface area contributed by atoms with E-state index in [1.165, 1.54) is 5.56 Å². The summed E-state index contributed by atoms with van der Waals surface area (Å²) in [5, 5.41) is 7.04. The Hall–Kier alpha value is -2.50. The summed E-state index contributed by atoms with van der Waals surface area (Å²) < 4.78 is 13.3. The predicted octanol–water partition coefficient (Wildman–Crippen LogP) is 2.31. The molecule has 0 unspecified atom stereocenters. The van der Waals surface area contributed by atoms with Crippen LogP contribution in [0.2, 0.25) is 0 Å². The van der Waals surface area contributed by atoms with Gasteiger partial charge in [0.2, 0.25) is 5.91 Å². The number of rotatable bonds is 7. The van der Waals surface area contributed by atoms with Crippen molar-refractivity contribution in [2.24, 2.45) is 0 Å². The van der Waals surface area contributed by atoms with Gasteiger partial charge in [-0.05, 0) is 32.0 Å². The molecule has 1 aromatic carbocycles. The molecule has 2 heterocycles. The maximum Gasteiger partial charge on any atom is 0.222 e. The minimum absolute atomic E-state index is 0.0114. The summed E-state index contributed by atoms with van der Waals surface area (Å²) >= 11 is 0. The molecule has 1 amide bonds. The molecule has 24 heavy (non-hydrogen) atoms. The molecule has 1 N–H and O–H groups in total. The summed E-state index contributed by atoms with van der Waals surface area (Å²) in [4.78, 5) is 12.0. The lowest BCUT2D eigenvalue weighted by atomic mass is 10.1. The molecule has 0 fully saturated rings. The number of hydrogen-bond acceptors (Lipinski definition) is 4. The third kappa shape index (κ3) is 3.88. The zero-order chi connectivity index (χ0) is 16.9. The molecule has 1 aliphatic heterocycles. The number of aromatic nitrogens is 2. The number of carbonyl (C=O) groups excluding carboxylic acids is 1. The topological polar surface area (TPSA) is 65.4 Å². The second-order valence-electron chi connectivity index (χ2n) is 5.93. The monoisotopic (exact) mass is 329 g/mol. The zero-order valence-electron chi connectivity index (χ0n) is 14.1. The first-order chi connectivity index (χ1) is 11.7. The first kappa shape index (κ1) is 16.4. The predicted molar refractivity (Wildman–Crippen MR) is 90.1 cm³/mol. The minimum atomic E-state index is -0.0114. The molecule has 3 rings (SSSR count). The molecule has 0 saturated heterocycles. The number of hydrogen-bond donors (Lipinski definition) is 1. The van der Waals surface area contributed by atoms with Crippen LogP contribution in [0.1, 0.15) is 31.4 Å². The van der Waals surface area contributed by atoms with Crippen LogP contribution in [0.5, 0.6) is 11.5 Å². The van der Waals surface area contributed by atoms with E-state index in [9.17, 15) is 4.79 Å². The fraction of sp³-hybridized carbons (Fsp3) is 0.444. The number of fused-ring (bicyclic) bond motifs is 1. The van der Waals surface area contributed by atoms with Gasteiger partial charge >= 0.3 is 0 Å². The van der Waals surface area contributed by atoms with Crippen molar-refractivity contribution in [2.75, 3.05) is 6.61 Å². The lowest BCUT2D eigenvalue weighted by molar-refractivity contribution is -0.121. The van der Waals surface area contributed by atoms with Crippen molar-refractivity contribution in [1.82, 2.24) is 15.1 Å². The van der Waals surface area contributed by atoms with Crippen molar-refractivity contribution < 1.29 is 14.3 Å². The summed E-state index contributed by atoms with van der Waals surface area (Å²) in [6, 6.07) is 5.86. The number of nitrogens with one attached hydrogen (secondary N) is 1. The van der Waals surface area contributed by atoms with Crippen molar-refractivity contribution in [3.05, 3.63) is 41.7 Å². The van der Waals surface area contributed by atoms with Crippen molar-refractivity contribution in [3.8, 4) is 11.5 Å². The molecule has 1 aliphatic rings.